The van der Waals surface area contributed by atoms with Crippen molar-refractivity contribution in [2.24, 2.45) is 0 Å². The number of ketones is 1. The monoisotopic (exact) mass is 487 g/mol. The molecule has 9 heteroatoms. The van der Waals surface area contributed by atoms with Gasteiger partial charge in [-0.1, -0.05) is 36.0 Å². The van der Waals surface area contributed by atoms with E-state index in [1.54, 1.807) is 22.6 Å². The number of aromatic nitrogens is 5. The van der Waals surface area contributed by atoms with Gasteiger partial charge in [-0.15, -0.1) is 16.8 Å². The Morgan fingerprint density at radius 2 is 1.91 bits per heavy atom. The molecular formula is C26H22FN5O2S. The van der Waals surface area contributed by atoms with Crippen LogP contribution in [-0.2, 0) is 6.54 Å². The summed E-state index contributed by atoms with van der Waals surface area (Å²) < 4.78 is 19.0. The van der Waals surface area contributed by atoms with Crippen LogP contribution < -0.4 is 5.56 Å². The normalized spacial score (nSPS) is 11.4. The van der Waals surface area contributed by atoms with E-state index in [0.29, 0.717) is 39.6 Å². The van der Waals surface area contributed by atoms with Gasteiger partial charge in [-0.3, -0.25) is 18.6 Å². The second kappa shape index (κ2) is 8.99. The van der Waals surface area contributed by atoms with Gasteiger partial charge in [0.1, 0.15) is 5.82 Å². The molecule has 7 nitrogen and oxygen atoms in total. The Balaban J connectivity index is 1.50. The van der Waals surface area contributed by atoms with Gasteiger partial charge in [0.05, 0.1) is 16.7 Å². The molecule has 5 aromatic rings. The van der Waals surface area contributed by atoms with E-state index in [2.05, 4.69) is 16.8 Å². The highest BCUT2D eigenvalue weighted by Gasteiger charge is 2.20. The van der Waals surface area contributed by atoms with Crippen LogP contribution in [0.25, 0.3) is 22.4 Å². The molecule has 0 amide bonds. The molecule has 0 saturated heterocycles. The first-order valence-corrected chi connectivity index (χ1v) is 12.0. The Kier molecular flexibility index (Phi) is 5.86. The number of carbonyl (C=O) groups is 1. The van der Waals surface area contributed by atoms with Crippen LogP contribution in [0.4, 0.5) is 4.39 Å². The molecular weight excluding hydrogens is 465 g/mol. The predicted octanol–water partition coefficient (Wildman–Crippen LogP) is 4.75. The number of aryl methyl sites for hydroxylation is 1. The fourth-order valence-electron chi connectivity index (χ4n) is 4.39. The maximum Gasteiger partial charge on any atom is 0.263 e. The highest BCUT2D eigenvalue weighted by atomic mass is 32.2. The zero-order valence-electron chi connectivity index (χ0n) is 19.2. The van der Waals surface area contributed by atoms with Gasteiger partial charge in [0.15, 0.2) is 10.9 Å². The summed E-state index contributed by atoms with van der Waals surface area (Å²) in [5.74, 6) is 0.113. The van der Waals surface area contributed by atoms with Crippen molar-refractivity contribution in [1.29, 1.82) is 0 Å². The van der Waals surface area contributed by atoms with Crippen LogP contribution in [0.3, 0.4) is 0 Å². The van der Waals surface area contributed by atoms with E-state index < -0.39 is 0 Å². The van der Waals surface area contributed by atoms with Gasteiger partial charge in [-0.2, -0.15) is 0 Å². The summed E-state index contributed by atoms with van der Waals surface area (Å²) in [5.41, 5.74) is 3.34. The molecule has 0 N–H and O–H groups in total. The lowest BCUT2D eigenvalue weighted by atomic mass is 10.2. The number of hydrogen-bond acceptors (Lipinski definition) is 5. The van der Waals surface area contributed by atoms with E-state index in [4.69, 9.17) is 0 Å². The molecule has 3 aromatic heterocycles. The van der Waals surface area contributed by atoms with Crippen molar-refractivity contribution in [1.82, 2.24) is 23.7 Å². The zero-order chi connectivity index (χ0) is 24.7. The minimum atomic E-state index is -0.334. The van der Waals surface area contributed by atoms with Crippen LogP contribution in [0.5, 0.6) is 0 Å². The van der Waals surface area contributed by atoms with Gasteiger partial charge < -0.3 is 4.57 Å². The quantitative estimate of drug-likeness (QED) is 0.188. The number of halogens is 1. The Morgan fingerprint density at radius 1 is 1.11 bits per heavy atom. The van der Waals surface area contributed by atoms with Crippen LogP contribution in [0.15, 0.2) is 77.2 Å². The molecule has 176 valence electrons. The highest BCUT2D eigenvalue weighted by Crippen LogP contribution is 2.26. The number of thioether (sulfide) groups is 1. The standard InChI is InChI=1S/C26H22FN5O2S/c1-4-12-30-24(34)20-10-5-6-11-22(20)32-25(30)28-29-26(32)35-15-23(33)21-13-16(2)31(17(21)3)19-9-7-8-18(27)14-19/h4-11,13-14H,1,12,15H2,2-3H3. The van der Waals surface area contributed by atoms with E-state index in [0.717, 1.165) is 11.4 Å². The van der Waals surface area contributed by atoms with Crippen LogP contribution >= 0.6 is 11.8 Å². The molecule has 0 atom stereocenters. The molecule has 0 aliphatic heterocycles. The Bertz CT molecular complexity index is 1680. The lowest BCUT2D eigenvalue weighted by Gasteiger charge is -2.10. The fraction of sp³-hybridized carbons (Fsp3) is 0.154. The number of rotatable bonds is 7. The minimum absolute atomic E-state index is 0.0776. The summed E-state index contributed by atoms with van der Waals surface area (Å²) in [6.07, 6.45) is 1.63. The summed E-state index contributed by atoms with van der Waals surface area (Å²) in [4.78, 5) is 26.2. The molecule has 0 aliphatic carbocycles. The van der Waals surface area contributed by atoms with Crippen molar-refractivity contribution in [3.63, 3.8) is 0 Å². The molecule has 0 spiro atoms. The smallest absolute Gasteiger partial charge is 0.263 e. The number of Topliss-reactive ketones (excluding diaryl/α,β-unsaturated/α-hetero) is 1. The molecule has 0 radical (unpaired) electrons. The SMILES string of the molecule is C=CCn1c(=O)c2ccccc2n2c(SCC(=O)c3cc(C)n(-c4cccc(F)c4)c3C)nnc12. The predicted molar refractivity (Wildman–Crippen MR) is 135 cm³/mol. The summed E-state index contributed by atoms with van der Waals surface area (Å²) in [5, 5.41) is 9.57. The van der Waals surface area contributed by atoms with Crippen molar-refractivity contribution < 1.29 is 9.18 Å². The number of nitrogens with zero attached hydrogens (tertiary/aromatic N) is 5. The average molecular weight is 488 g/mol. The van der Waals surface area contributed by atoms with Crippen molar-refractivity contribution >= 4 is 34.2 Å². The lowest BCUT2D eigenvalue weighted by molar-refractivity contribution is 0.102. The van der Waals surface area contributed by atoms with Gasteiger partial charge in [-0.05, 0) is 50.2 Å². The summed E-state index contributed by atoms with van der Waals surface area (Å²) in [6.45, 7) is 7.77. The first-order chi connectivity index (χ1) is 16.9. The van der Waals surface area contributed by atoms with Gasteiger partial charge in [-0.25, -0.2) is 4.39 Å². The van der Waals surface area contributed by atoms with Crippen molar-refractivity contribution in [2.75, 3.05) is 5.75 Å². The van der Waals surface area contributed by atoms with Crippen LogP contribution in [0, 0.1) is 19.7 Å². The van der Waals surface area contributed by atoms with E-state index >= 15 is 0 Å². The number of hydrogen-bond donors (Lipinski definition) is 0. The maximum atomic E-state index is 13.8. The van der Waals surface area contributed by atoms with Crippen molar-refractivity contribution in [3.8, 4) is 5.69 Å². The number of carbonyl (C=O) groups excluding carboxylic acids is 1. The summed E-state index contributed by atoms with van der Waals surface area (Å²) in [7, 11) is 0. The average Bonchev–Trinajstić information content (AvgIpc) is 3.40. The molecule has 0 saturated carbocycles. The fourth-order valence-corrected chi connectivity index (χ4v) is 5.21. The van der Waals surface area contributed by atoms with Crippen LogP contribution in [0.2, 0.25) is 0 Å². The molecule has 0 unspecified atom stereocenters. The number of fused-ring (bicyclic) bond motifs is 3. The second-order valence-corrected chi connectivity index (χ2v) is 9.09. The van der Waals surface area contributed by atoms with Crippen molar-refractivity contribution in [3.05, 3.63) is 100 Å². The first-order valence-electron chi connectivity index (χ1n) is 11.0. The van der Waals surface area contributed by atoms with Gasteiger partial charge in [0.25, 0.3) is 5.56 Å². The molecule has 2 aromatic carbocycles. The van der Waals surface area contributed by atoms with Crippen LogP contribution in [-0.4, -0.2) is 35.3 Å². The molecule has 0 aliphatic rings. The third-order valence-electron chi connectivity index (χ3n) is 5.92. The Labute approximate surface area is 204 Å². The minimum Gasteiger partial charge on any atom is -0.318 e. The second-order valence-electron chi connectivity index (χ2n) is 8.15. The summed E-state index contributed by atoms with van der Waals surface area (Å²) in [6, 6.07) is 15.4. The van der Waals surface area contributed by atoms with Crippen molar-refractivity contribution in [2.45, 2.75) is 25.5 Å². The Morgan fingerprint density at radius 3 is 2.69 bits per heavy atom. The number of benzene rings is 2. The zero-order valence-corrected chi connectivity index (χ0v) is 20.1. The van der Waals surface area contributed by atoms with E-state index in [-0.39, 0.29) is 22.9 Å². The third kappa shape index (κ3) is 3.87. The van der Waals surface area contributed by atoms with Gasteiger partial charge >= 0.3 is 0 Å². The van der Waals surface area contributed by atoms with E-state index in [1.807, 2.05) is 48.7 Å². The molecule has 35 heavy (non-hydrogen) atoms. The number of para-hydroxylation sites is 1. The maximum absolute atomic E-state index is 13.8. The van der Waals surface area contributed by atoms with Crippen LogP contribution in [0.1, 0.15) is 21.7 Å². The molecule has 0 bridgehead atoms. The largest absolute Gasteiger partial charge is 0.318 e. The number of allylic oxidation sites excluding steroid dienone is 1. The molecule has 0 fully saturated rings. The molecule has 5 rings (SSSR count). The van der Waals surface area contributed by atoms with Gasteiger partial charge in [0.2, 0.25) is 5.78 Å². The van der Waals surface area contributed by atoms with E-state index in [9.17, 15) is 14.0 Å². The first kappa shape index (κ1) is 22.8. The van der Waals surface area contributed by atoms with E-state index in [1.165, 1.54) is 28.5 Å². The lowest BCUT2D eigenvalue weighted by Crippen LogP contribution is -2.22. The Hall–Kier alpha value is -3.98. The van der Waals surface area contributed by atoms with Gasteiger partial charge in [0, 0.05) is 29.2 Å². The third-order valence-corrected chi connectivity index (χ3v) is 6.85. The topological polar surface area (TPSA) is 74.2 Å². The molecule has 3 heterocycles. The summed E-state index contributed by atoms with van der Waals surface area (Å²) >= 11 is 1.26. The highest BCUT2D eigenvalue weighted by molar-refractivity contribution is 7.99.